The molecule has 31 heavy (non-hydrogen) atoms. The summed E-state index contributed by atoms with van der Waals surface area (Å²) in [6.45, 7) is 2.53. The Morgan fingerprint density at radius 1 is 1.23 bits per heavy atom. The highest BCUT2D eigenvalue weighted by Gasteiger charge is 2.30. The molecular weight excluding hydrogens is 446 g/mol. The highest BCUT2D eigenvalue weighted by molar-refractivity contribution is 7.89. The summed E-state index contributed by atoms with van der Waals surface area (Å²) >= 11 is 6.13. The van der Waals surface area contributed by atoms with Crippen molar-refractivity contribution in [2.45, 2.75) is 24.7 Å². The fourth-order valence-corrected chi connectivity index (χ4v) is 4.40. The highest BCUT2D eigenvalue weighted by Crippen LogP contribution is 2.24. The SMILES string of the molecule is CCOC(=O)C1CCCN(C(=O)CN(C)C(=O)c2cc(S(=O)(=O)N(C)C)ccc2Cl)C1. The zero-order valence-corrected chi connectivity index (χ0v) is 19.7. The third kappa shape index (κ3) is 5.96. The highest BCUT2D eigenvalue weighted by atomic mass is 35.5. The zero-order valence-electron chi connectivity index (χ0n) is 18.1. The Kier molecular flexibility index (Phi) is 8.44. The van der Waals surface area contributed by atoms with Gasteiger partial charge in [-0.25, -0.2) is 12.7 Å². The van der Waals surface area contributed by atoms with E-state index in [-0.39, 0.29) is 53.0 Å². The molecule has 0 N–H and O–H groups in total. The quantitative estimate of drug-likeness (QED) is 0.555. The predicted molar refractivity (Wildman–Crippen MR) is 115 cm³/mol. The molecule has 1 aromatic carbocycles. The van der Waals surface area contributed by atoms with Crippen LogP contribution in [0.4, 0.5) is 0 Å². The standard InChI is InChI=1S/C20H28ClN3O6S/c1-5-30-20(27)14-7-6-10-24(12-14)18(25)13-23(4)19(26)16-11-15(8-9-17(16)21)31(28,29)22(2)3/h8-9,11,14H,5-7,10,12-13H2,1-4H3. The molecule has 0 bridgehead atoms. The van der Waals surface area contributed by atoms with E-state index in [0.29, 0.717) is 19.4 Å². The number of ether oxygens (including phenoxy) is 1. The van der Waals surface area contributed by atoms with Gasteiger partial charge in [0.25, 0.3) is 5.91 Å². The van der Waals surface area contributed by atoms with E-state index >= 15 is 0 Å². The summed E-state index contributed by atoms with van der Waals surface area (Å²) in [5.41, 5.74) is -0.0112. The maximum atomic E-state index is 12.9. The summed E-state index contributed by atoms with van der Waals surface area (Å²) in [5, 5.41) is 0.0855. The minimum atomic E-state index is -3.75. The number of carbonyl (C=O) groups is 3. The summed E-state index contributed by atoms with van der Waals surface area (Å²) in [7, 11) is 0.466. The summed E-state index contributed by atoms with van der Waals surface area (Å²) in [6, 6.07) is 3.87. The second-order valence-electron chi connectivity index (χ2n) is 7.52. The number of likely N-dealkylation sites (N-methyl/N-ethyl adjacent to an activating group) is 1. The number of piperidine rings is 1. The smallest absolute Gasteiger partial charge is 0.310 e. The number of hydrogen-bond donors (Lipinski definition) is 0. The lowest BCUT2D eigenvalue weighted by molar-refractivity contribution is -0.151. The number of halogens is 1. The molecule has 172 valence electrons. The summed E-state index contributed by atoms with van der Waals surface area (Å²) in [4.78, 5) is 40.2. The maximum Gasteiger partial charge on any atom is 0.310 e. The molecule has 2 amide bonds. The summed E-state index contributed by atoms with van der Waals surface area (Å²) in [6.07, 6.45) is 1.32. The molecular formula is C20H28ClN3O6S. The van der Waals surface area contributed by atoms with Crippen molar-refractivity contribution in [1.29, 1.82) is 0 Å². The molecule has 1 heterocycles. The second-order valence-corrected chi connectivity index (χ2v) is 10.1. The molecule has 1 saturated heterocycles. The largest absolute Gasteiger partial charge is 0.466 e. The van der Waals surface area contributed by atoms with Crippen molar-refractivity contribution in [2.24, 2.45) is 5.92 Å². The van der Waals surface area contributed by atoms with Gasteiger partial charge in [0, 0.05) is 34.2 Å². The van der Waals surface area contributed by atoms with Crippen LogP contribution >= 0.6 is 11.6 Å². The Morgan fingerprint density at radius 2 is 1.90 bits per heavy atom. The lowest BCUT2D eigenvalue weighted by Crippen LogP contribution is -2.47. The van der Waals surface area contributed by atoms with Crippen molar-refractivity contribution in [3.63, 3.8) is 0 Å². The van der Waals surface area contributed by atoms with Gasteiger partial charge in [-0.3, -0.25) is 14.4 Å². The number of benzene rings is 1. The first-order chi connectivity index (χ1) is 14.5. The van der Waals surface area contributed by atoms with E-state index in [1.165, 1.54) is 44.2 Å². The van der Waals surface area contributed by atoms with E-state index in [2.05, 4.69) is 0 Å². The van der Waals surface area contributed by atoms with E-state index in [1.54, 1.807) is 11.8 Å². The first-order valence-corrected chi connectivity index (χ1v) is 11.7. The van der Waals surface area contributed by atoms with Crippen LogP contribution in [-0.2, 0) is 24.3 Å². The molecule has 1 aliphatic heterocycles. The van der Waals surface area contributed by atoms with Gasteiger partial charge < -0.3 is 14.5 Å². The van der Waals surface area contributed by atoms with Crippen molar-refractivity contribution in [3.8, 4) is 0 Å². The number of nitrogens with zero attached hydrogens (tertiary/aromatic N) is 3. The molecule has 1 aliphatic rings. The van der Waals surface area contributed by atoms with Crippen LogP contribution in [-0.4, -0.2) is 87.7 Å². The van der Waals surface area contributed by atoms with Crippen LogP contribution in [0, 0.1) is 5.92 Å². The van der Waals surface area contributed by atoms with Gasteiger partial charge in [-0.1, -0.05) is 11.6 Å². The van der Waals surface area contributed by atoms with Crippen molar-refractivity contribution in [2.75, 3.05) is 47.4 Å². The Balaban J connectivity index is 2.12. The van der Waals surface area contributed by atoms with E-state index in [0.717, 1.165) is 4.31 Å². The molecule has 0 aliphatic carbocycles. The van der Waals surface area contributed by atoms with Crippen molar-refractivity contribution in [1.82, 2.24) is 14.1 Å². The molecule has 9 nitrogen and oxygen atoms in total. The molecule has 0 radical (unpaired) electrons. The van der Waals surface area contributed by atoms with Crippen LogP contribution in [0.1, 0.15) is 30.1 Å². The lowest BCUT2D eigenvalue weighted by Gasteiger charge is -2.32. The molecule has 0 saturated carbocycles. The minimum absolute atomic E-state index is 0.0112. The van der Waals surface area contributed by atoms with Gasteiger partial charge in [-0.15, -0.1) is 0 Å². The summed E-state index contributed by atoms with van der Waals surface area (Å²) < 4.78 is 30.8. The molecule has 1 aromatic rings. The van der Waals surface area contributed by atoms with Crippen molar-refractivity contribution in [3.05, 3.63) is 28.8 Å². The van der Waals surface area contributed by atoms with Crippen molar-refractivity contribution < 1.29 is 27.5 Å². The number of carbonyl (C=O) groups excluding carboxylic acids is 3. The van der Waals surface area contributed by atoms with Crippen LogP contribution in [0.15, 0.2) is 23.1 Å². The molecule has 1 fully saturated rings. The lowest BCUT2D eigenvalue weighted by atomic mass is 9.98. The average molecular weight is 474 g/mol. The van der Waals surface area contributed by atoms with E-state index in [9.17, 15) is 22.8 Å². The second kappa shape index (κ2) is 10.4. The van der Waals surface area contributed by atoms with Gasteiger partial charge >= 0.3 is 5.97 Å². The van der Waals surface area contributed by atoms with Gasteiger partial charge in [0.2, 0.25) is 15.9 Å². The summed E-state index contributed by atoms with van der Waals surface area (Å²) in [5.74, 6) is -1.58. The molecule has 1 unspecified atom stereocenters. The number of rotatable bonds is 7. The number of likely N-dealkylation sites (tertiary alicyclic amines) is 1. The van der Waals surface area contributed by atoms with Crippen LogP contribution in [0.2, 0.25) is 5.02 Å². The Bertz CT molecular complexity index is 950. The van der Waals surface area contributed by atoms with Gasteiger partial charge in [0.05, 0.1) is 34.6 Å². The third-order valence-corrected chi connectivity index (χ3v) is 7.20. The van der Waals surface area contributed by atoms with Crippen LogP contribution in [0.3, 0.4) is 0 Å². The van der Waals surface area contributed by atoms with Crippen LogP contribution in [0.5, 0.6) is 0 Å². The number of sulfonamides is 1. The van der Waals surface area contributed by atoms with Crippen LogP contribution in [0.25, 0.3) is 0 Å². The monoisotopic (exact) mass is 473 g/mol. The Labute approximate surface area is 187 Å². The third-order valence-electron chi connectivity index (χ3n) is 5.06. The average Bonchev–Trinajstić information content (AvgIpc) is 2.73. The minimum Gasteiger partial charge on any atom is -0.466 e. The molecule has 11 heteroatoms. The number of hydrogen-bond acceptors (Lipinski definition) is 6. The van der Waals surface area contributed by atoms with E-state index in [4.69, 9.17) is 16.3 Å². The topological polar surface area (TPSA) is 104 Å². The normalized spacial score (nSPS) is 16.8. The van der Waals surface area contributed by atoms with Gasteiger partial charge in [0.15, 0.2) is 0 Å². The molecule has 0 aromatic heterocycles. The molecule has 2 rings (SSSR count). The Hall–Kier alpha value is -2.17. The first-order valence-electron chi connectivity index (χ1n) is 9.91. The maximum absolute atomic E-state index is 12.9. The fourth-order valence-electron chi connectivity index (χ4n) is 3.28. The fraction of sp³-hybridized carbons (Fsp3) is 0.550. The zero-order chi connectivity index (χ0) is 23.3. The number of esters is 1. The molecule has 1 atom stereocenters. The van der Waals surface area contributed by atoms with E-state index < -0.39 is 15.9 Å². The van der Waals surface area contributed by atoms with E-state index in [1.807, 2.05) is 0 Å². The van der Waals surface area contributed by atoms with Crippen molar-refractivity contribution >= 4 is 39.4 Å². The Morgan fingerprint density at radius 3 is 2.52 bits per heavy atom. The predicted octanol–water partition coefficient (Wildman–Crippen LogP) is 1.46. The first kappa shape index (κ1) is 25.1. The van der Waals surface area contributed by atoms with Crippen LogP contribution < -0.4 is 0 Å². The number of amides is 2. The van der Waals surface area contributed by atoms with Gasteiger partial charge in [-0.2, -0.15) is 0 Å². The van der Waals surface area contributed by atoms with Gasteiger partial charge in [0.1, 0.15) is 0 Å². The molecule has 0 spiro atoms. The van der Waals surface area contributed by atoms with Gasteiger partial charge in [-0.05, 0) is 38.0 Å².